The van der Waals surface area contributed by atoms with Gasteiger partial charge in [-0.05, 0) is 0 Å². The van der Waals surface area contributed by atoms with E-state index >= 15 is 0 Å². The van der Waals surface area contributed by atoms with E-state index in [0.29, 0.717) is 12.1 Å². The monoisotopic (exact) mass is 287 g/mol. The minimum atomic E-state index is -4.93. The Labute approximate surface area is 101 Å². The lowest BCUT2D eigenvalue weighted by molar-refractivity contribution is -0.394. The fourth-order valence-corrected chi connectivity index (χ4v) is 1.44. The number of nitro benzene ring substituents is 1. The van der Waals surface area contributed by atoms with Crippen molar-refractivity contribution in [2.24, 2.45) is 0 Å². The van der Waals surface area contributed by atoms with Crippen LogP contribution < -0.4 is 9.47 Å². The predicted octanol–water partition coefficient (Wildman–Crippen LogP) is 3.21. The highest BCUT2D eigenvalue weighted by Crippen LogP contribution is 2.49. The summed E-state index contributed by atoms with van der Waals surface area (Å²) in [6.07, 6.45) is -9.82. The zero-order valence-electron chi connectivity index (χ0n) is 8.12. The standard InChI is InChI=1S/C8H2ClF4NO4/c9-3-1-5-6(2-4(3)14(15)16)18-8(12,13)7(10,11)17-5/h1-2H. The maximum atomic E-state index is 12.8. The van der Waals surface area contributed by atoms with Crippen LogP contribution in [0, 0.1) is 10.1 Å². The van der Waals surface area contributed by atoms with Gasteiger partial charge in [-0.2, -0.15) is 17.6 Å². The Morgan fingerprint density at radius 2 is 1.56 bits per heavy atom. The third kappa shape index (κ3) is 1.80. The molecule has 1 aliphatic heterocycles. The minimum Gasteiger partial charge on any atom is -0.421 e. The Kier molecular flexibility index (Phi) is 2.54. The third-order valence-electron chi connectivity index (χ3n) is 2.02. The van der Waals surface area contributed by atoms with Crippen LogP contribution in [0.1, 0.15) is 0 Å². The van der Waals surface area contributed by atoms with E-state index in [4.69, 9.17) is 11.6 Å². The molecule has 0 bridgehead atoms. The highest BCUT2D eigenvalue weighted by atomic mass is 35.5. The summed E-state index contributed by atoms with van der Waals surface area (Å²) < 4.78 is 58.6. The normalized spacial score (nSPS) is 19.4. The largest absolute Gasteiger partial charge is 0.507 e. The Morgan fingerprint density at radius 1 is 1.11 bits per heavy atom. The summed E-state index contributed by atoms with van der Waals surface area (Å²) in [5.41, 5.74) is -0.764. The Balaban J connectivity index is 2.55. The molecule has 0 radical (unpaired) electrons. The van der Waals surface area contributed by atoms with Crippen LogP contribution in [0.15, 0.2) is 12.1 Å². The molecule has 0 amide bonds. The van der Waals surface area contributed by atoms with E-state index in [9.17, 15) is 27.7 Å². The molecule has 0 fully saturated rings. The van der Waals surface area contributed by atoms with Crippen LogP contribution in [0.2, 0.25) is 5.02 Å². The molecule has 5 nitrogen and oxygen atoms in total. The van der Waals surface area contributed by atoms with Crippen LogP contribution in [-0.4, -0.2) is 17.1 Å². The highest BCUT2D eigenvalue weighted by molar-refractivity contribution is 6.32. The first-order chi connectivity index (χ1) is 8.14. The average Bonchev–Trinajstić information content (AvgIpc) is 2.18. The summed E-state index contributed by atoms with van der Waals surface area (Å²) in [5, 5.41) is 9.95. The topological polar surface area (TPSA) is 61.6 Å². The van der Waals surface area contributed by atoms with Crippen molar-refractivity contribution in [1.29, 1.82) is 0 Å². The Hall–Kier alpha value is -1.77. The lowest BCUT2D eigenvalue weighted by atomic mass is 10.2. The lowest BCUT2D eigenvalue weighted by Gasteiger charge is -2.31. The molecule has 0 spiro atoms. The fourth-order valence-electron chi connectivity index (χ4n) is 1.22. The van der Waals surface area contributed by atoms with Crippen molar-refractivity contribution in [3.63, 3.8) is 0 Å². The Bertz CT molecular complexity index is 536. The van der Waals surface area contributed by atoms with Gasteiger partial charge >= 0.3 is 12.2 Å². The van der Waals surface area contributed by atoms with E-state index in [1.807, 2.05) is 0 Å². The smallest absolute Gasteiger partial charge is 0.421 e. The van der Waals surface area contributed by atoms with E-state index in [2.05, 4.69) is 9.47 Å². The molecule has 0 saturated heterocycles. The van der Waals surface area contributed by atoms with Crippen LogP contribution in [0.5, 0.6) is 11.5 Å². The van der Waals surface area contributed by atoms with Gasteiger partial charge in [0.25, 0.3) is 5.69 Å². The number of alkyl halides is 4. The van der Waals surface area contributed by atoms with E-state index in [-0.39, 0.29) is 0 Å². The Morgan fingerprint density at radius 3 is 2.00 bits per heavy atom. The van der Waals surface area contributed by atoms with E-state index in [0.717, 1.165) is 0 Å². The second-order valence-corrected chi connectivity index (χ2v) is 3.65. The van der Waals surface area contributed by atoms with Crippen LogP contribution in [0.3, 0.4) is 0 Å². The van der Waals surface area contributed by atoms with Gasteiger partial charge in [0.05, 0.1) is 11.0 Å². The summed E-state index contributed by atoms with van der Waals surface area (Å²) >= 11 is 5.41. The number of hydrogen-bond acceptors (Lipinski definition) is 4. The van der Waals surface area contributed by atoms with Gasteiger partial charge in [-0.3, -0.25) is 10.1 Å². The number of hydrogen-bond donors (Lipinski definition) is 0. The SMILES string of the molecule is O=[N+]([O-])c1cc2c(cc1Cl)OC(F)(F)C(F)(F)O2. The molecule has 98 valence electrons. The van der Waals surface area contributed by atoms with Crippen molar-refractivity contribution in [2.45, 2.75) is 12.2 Å². The maximum absolute atomic E-state index is 12.8. The first-order valence-electron chi connectivity index (χ1n) is 4.25. The van der Waals surface area contributed by atoms with E-state index in [1.54, 1.807) is 0 Å². The molecular formula is C8H2ClF4NO4. The molecule has 0 atom stereocenters. The zero-order valence-corrected chi connectivity index (χ0v) is 8.88. The molecule has 2 rings (SSSR count). The number of fused-ring (bicyclic) bond motifs is 1. The molecule has 1 aromatic rings. The van der Waals surface area contributed by atoms with Crippen molar-refractivity contribution in [3.8, 4) is 11.5 Å². The van der Waals surface area contributed by atoms with Gasteiger partial charge in [0.1, 0.15) is 5.02 Å². The average molecular weight is 288 g/mol. The molecule has 10 heteroatoms. The van der Waals surface area contributed by atoms with Crippen molar-refractivity contribution in [1.82, 2.24) is 0 Å². The van der Waals surface area contributed by atoms with Gasteiger partial charge in [0, 0.05) is 6.07 Å². The first kappa shape index (κ1) is 12.7. The van der Waals surface area contributed by atoms with Crippen molar-refractivity contribution in [2.75, 3.05) is 0 Å². The number of nitro groups is 1. The number of ether oxygens (including phenoxy) is 2. The first-order valence-corrected chi connectivity index (χ1v) is 4.63. The molecular weight excluding hydrogens is 286 g/mol. The van der Waals surface area contributed by atoms with Gasteiger partial charge < -0.3 is 9.47 Å². The molecule has 0 saturated carbocycles. The molecule has 1 aromatic carbocycles. The number of benzene rings is 1. The number of halogens is 5. The zero-order chi connectivity index (χ0) is 13.7. The molecule has 0 aromatic heterocycles. The van der Waals surface area contributed by atoms with Crippen LogP contribution in [0.4, 0.5) is 23.2 Å². The van der Waals surface area contributed by atoms with Crippen LogP contribution in [-0.2, 0) is 0 Å². The molecule has 1 aliphatic rings. The minimum absolute atomic E-state index is 0.487. The summed E-state index contributed by atoms with van der Waals surface area (Å²) in [7, 11) is 0. The summed E-state index contributed by atoms with van der Waals surface area (Å²) in [4.78, 5) is 9.51. The third-order valence-corrected chi connectivity index (χ3v) is 2.33. The van der Waals surface area contributed by atoms with Crippen molar-refractivity contribution >= 4 is 17.3 Å². The number of nitrogens with zero attached hydrogens (tertiary/aromatic N) is 1. The number of rotatable bonds is 1. The van der Waals surface area contributed by atoms with Gasteiger partial charge in [-0.25, -0.2) is 0 Å². The predicted molar refractivity (Wildman–Crippen MR) is 49.3 cm³/mol. The van der Waals surface area contributed by atoms with E-state index in [1.165, 1.54) is 0 Å². The summed E-state index contributed by atoms with van der Waals surface area (Å²) in [6, 6.07) is 1.10. The summed E-state index contributed by atoms with van der Waals surface area (Å²) in [6.45, 7) is 0. The highest BCUT2D eigenvalue weighted by Gasteiger charge is 2.66. The van der Waals surface area contributed by atoms with Gasteiger partial charge in [-0.15, -0.1) is 0 Å². The molecule has 18 heavy (non-hydrogen) atoms. The summed E-state index contributed by atoms with van der Waals surface area (Å²) in [5.74, 6) is -1.69. The second-order valence-electron chi connectivity index (χ2n) is 3.25. The fraction of sp³-hybridized carbons (Fsp3) is 0.250. The lowest BCUT2D eigenvalue weighted by Crippen LogP contribution is -2.52. The molecule has 0 aliphatic carbocycles. The van der Waals surface area contributed by atoms with Gasteiger partial charge in [0.2, 0.25) is 0 Å². The van der Waals surface area contributed by atoms with E-state index < -0.39 is 39.3 Å². The van der Waals surface area contributed by atoms with Crippen LogP contribution >= 0.6 is 11.6 Å². The van der Waals surface area contributed by atoms with Gasteiger partial charge in [-0.1, -0.05) is 11.6 Å². The molecule has 1 heterocycles. The van der Waals surface area contributed by atoms with Crippen molar-refractivity contribution < 1.29 is 32.0 Å². The second kappa shape index (κ2) is 3.61. The van der Waals surface area contributed by atoms with Crippen LogP contribution in [0.25, 0.3) is 0 Å². The van der Waals surface area contributed by atoms with Gasteiger partial charge in [0.15, 0.2) is 11.5 Å². The maximum Gasteiger partial charge on any atom is 0.507 e. The quantitative estimate of drug-likeness (QED) is 0.452. The van der Waals surface area contributed by atoms with Crippen molar-refractivity contribution in [3.05, 3.63) is 27.3 Å². The molecule has 0 N–H and O–H groups in total. The molecule has 0 unspecified atom stereocenters.